The molecule has 19 heavy (non-hydrogen) atoms. The van der Waals surface area contributed by atoms with Crippen LogP contribution in [0.5, 0.6) is 0 Å². The number of unbranched alkanes of at least 4 members (excludes halogenated alkanes) is 1. The molecule has 0 rings (SSSR count). The van der Waals surface area contributed by atoms with E-state index in [2.05, 4.69) is 15.0 Å². The van der Waals surface area contributed by atoms with Gasteiger partial charge in [0.2, 0.25) is 0 Å². The second-order valence-electron chi connectivity index (χ2n) is 4.13. The first-order valence-corrected chi connectivity index (χ1v) is 8.04. The number of isocyanates is 3. The number of aliphatic imine (C=N–C) groups is 3. The van der Waals surface area contributed by atoms with Crippen molar-refractivity contribution in [3.8, 4) is 0 Å². The molecule has 0 N–H and O–H groups in total. The zero-order valence-electron chi connectivity index (χ0n) is 10.7. The maximum absolute atomic E-state index is 10.2. The molecule has 0 aliphatic carbocycles. The molecule has 0 amide bonds. The molecule has 0 bridgehead atoms. The van der Waals surface area contributed by atoms with Crippen LogP contribution in [0.4, 0.5) is 0 Å². The molecular formula is C12H17N3O3Sn. The average molecular weight is 370 g/mol. The zero-order valence-corrected chi connectivity index (χ0v) is 14.0. The molecule has 0 aliphatic heterocycles. The molecule has 0 aromatic heterocycles. The van der Waals surface area contributed by atoms with Crippen molar-refractivity contribution in [1.82, 2.24) is 0 Å². The van der Waals surface area contributed by atoms with Crippen LogP contribution in [0.15, 0.2) is 15.0 Å². The predicted molar refractivity (Wildman–Crippen MR) is 71.6 cm³/mol. The second kappa shape index (κ2) is 13.4. The molecule has 6 nitrogen and oxygen atoms in total. The number of nitrogens with zero attached hydrogens (tertiary/aromatic N) is 3. The second-order valence-corrected chi connectivity index (χ2v) is 6.33. The van der Waals surface area contributed by atoms with Crippen molar-refractivity contribution < 1.29 is 14.4 Å². The Kier molecular flexibility index (Phi) is 12.6. The summed E-state index contributed by atoms with van der Waals surface area (Å²) in [4.78, 5) is 41.0. The Bertz CT molecular complexity index is 384. The van der Waals surface area contributed by atoms with E-state index in [0.29, 0.717) is 19.0 Å². The van der Waals surface area contributed by atoms with Crippen LogP contribution < -0.4 is 0 Å². The van der Waals surface area contributed by atoms with E-state index in [1.165, 1.54) is 6.08 Å². The van der Waals surface area contributed by atoms with E-state index in [1.807, 2.05) is 0 Å². The van der Waals surface area contributed by atoms with Gasteiger partial charge in [0, 0.05) is 0 Å². The van der Waals surface area contributed by atoms with Crippen LogP contribution in [0.3, 0.4) is 0 Å². The van der Waals surface area contributed by atoms with Crippen molar-refractivity contribution in [3.63, 3.8) is 0 Å². The van der Waals surface area contributed by atoms with E-state index in [1.54, 1.807) is 12.2 Å². The normalized spacial score (nSPS) is 12.5. The average Bonchev–Trinajstić information content (AvgIpc) is 2.41. The Hall–Kier alpha value is -1.06. The number of carbonyl (C=O) groups excluding carboxylic acids is 3. The summed E-state index contributed by atoms with van der Waals surface area (Å²) in [5.74, 6) is 0.290. The quantitative estimate of drug-likeness (QED) is 0.233. The molecule has 0 saturated carbocycles. The first-order chi connectivity index (χ1) is 9.24. The van der Waals surface area contributed by atoms with Gasteiger partial charge in [-0.3, -0.25) is 0 Å². The van der Waals surface area contributed by atoms with Gasteiger partial charge in [-0.15, -0.1) is 0 Å². The Labute approximate surface area is 125 Å². The number of hydrogen-bond acceptors (Lipinski definition) is 6. The zero-order chi connectivity index (χ0) is 14.3. The van der Waals surface area contributed by atoms with Crippen molar-refractivity contribution in [2.24, 2.45) is 20.9 Å². The minimum absolute atomic E-state index is 0.0743. The van der Waals surface area contributed by atoms with Crippen molar-refractivity contribution in [2.75, 3.05) is 13.1 Å². The molecule has 0 saturated heterocycles. The van der Waals surface area contributed by atoms with Gasteiger partial charge in [-0.2, -0.15) is 0 Å². The number of hydrogen-bond donors (Lipinski definition) is 0. The summed E-state index contributed by atoms with van der Waals surface area (Å²) in [6.45, 7) is 0.948. The molecule has 2 unspecified atom stereocenters. The summed E-state index contributed by atoms with van der Waals surface area (Å²) in [7, 11) is 0. The third kappa shape index (κ3) is 11.7. The summed E-state index contributed by atoms with van der Waals surface area (Å²) < 4.78 is 0.0743. The SMILES string of the molecule is O=C=NCCCCC(CC[CH]([SnH])N=C=O)CN=C=O. The fourth-order valence-electron chi connectivity index (χ4n) is 1.70. The van der Waals surface area contributed by atoms with Crippen molar-refractivity contribution in [3.05, 3.63) is 0 Å². The molecule has 0 heterocycles. The summed E-state index contributed by atoms with van der Waals surface area (Å²) >= 11 is 0.886. The van der Waals surface area contributed by atoms with Crippen molar-refractivity contribution >= 4 is 40.8 Å². The fraction of sp³-hybridized carbons (Fsp3) is 0.750. The van der Waals surface area contributed by atoms with Crippen molar-refractivity contribution in [1.29, 1.82) is 0 Å². The molecule has 2 radical (unpaired) electrons. The summed E-state index contributed by atoms with van der Waals surface area (Å²) in [6.07, 6.45) is 8.99. The van der Waals surface area contributed by atoms with E-state index < -0.39 is 0 Å². The van der Waals surface area contributed by atoms with E-state index in [0.717, 1.165) is 54.6 Å². The van der Waals surface area contributed by atoms with Crippen LogP contribution >= 0.6 is 0 Å². The topological polar surface area (TPSA) is 88.3 Å². The first kappa shape index (κ1) is 17.9. The molecule has 0 aromatic rings. The molecule has 102 valence electrons. The molecule has 0 spiro atoms. The molecule has 7 heteroatoms. The molecule has 2 atom stereocenters. The van der Waals surface area contributed by atoms with Crippen LogP contribution in [-0.4, -0.2) is 57.9 Å². The van der Waals surface area contributed by atoms with Crippen LogP contribution in [0.2, 0.25) is 0 Å². The standard InChI is InChI=1S/C12H16N3O3.Sn.H/c16-9-13-6-2-1-4-12(8-15-11-18)5-3-7-14-10-17;;/h7,12H,1-6,8H2;;. The van der Waals surface area contributed by atoms with Crippen LogP contribution in [0, 0.1) is 5.92 Å². The molecule has 0 aliphatic rings. The van der Waals surface area contributed by atoms with Gasteiger partial charge in [-0.1, -0.05) is 0 Å². The van der Waals surface area contributed by atoms with Gasteiger partial charge in [0.25, 0.3) is 0 Å². The van der Waals surface area contributed by atoms with E-state index in [4.69, 9.17) is 0 Å². The Balaban J connectivity index is 4.03. The Morgan fingerprint density at radius 2 is 1.63 bits per heavy atom. The summed E-state index contributed by atoms with van der Waals surface area (Å²) in [6, 6.07) is 0. The van der Waals surface area contributed by atoms with Gasteiger partial charge in [0.05, 0.1) is 0 Å². The van der Waals surface area contributed by atoms with E-state index >= 15 is 0 Å². The van der Waals surface area contributed by atoms with Gasteiger partial charge in [0.15, 0.2) is 0 Å². The van der Waals surface area contributed by atoms with Gasteiger partial charge in [-0.25, -0.2) is 0 Å². The van der Waals surface area contributed by atoms with Gasteiger partial charge >= 0.3 is 125 Å². The monoisotopic (exact) mass is 371 g/mol. The Morgan fingerprint density at radius 3 is 2.26 bits per heavy atom. The fourth-order valence-corrected chi connectivity index (χ4v) is 2.42. The van der Waals surface area contributed by atoms with Gasteiger partial charge in [-0.05, 0) is 0 Å². The van der Waals surface area contributed by atoms with E-state index in [-0.39, 0.29) is 4.06 Å². The Morgan fingerprint density at radius 1 is 0.895 bits per heavy atom. The predicted octanol–water partition coefficient (Wildman–Crippen LogP) is 0.787. The summed E-state index contributed by atoms with van der Waals surface area (Å²) in [5.41, 5.74) is 0. The molecule has 0 aromatic carbocycles. The van der Waals surface area contributed by atoms with Gasteiger partial charge in [0.1, 0.15) is 0 Å². The maximum atomic E-state index is 10.2. The summed E-state index contributed by atoms with van der Waals surface area (Å²) in [5, 5.41) is 0. The van der Waals surface area contributed by atoms with E-state index in [9.17, 15) is 14.4 Å². The van der Waals surface area contributed by atoms with Gasteiger partial charge < -0.3 is 0 Å². The molecule has 0 fully saturated rings. The van der Waals surface area contributed by atoms with Crippen LogP contribution in [0.1, 0.15) is 32.1 Å². The molecular weight excluding hydrogens is 353 g/mol. The minimum atomic E-state index is 0.0743. The first-order valence-electron chi connectivity index (χ1n) is 6.14. The third-order valence-corrected chi connectivity index (χ3v) is 4.08. The number of rotatable bonds is 11. The van der Waals surface area contributed by atoms with Crippen LogP contribution in [0.25, 0.3) is 0 Å². The van der Waals surface area contributed by atoms with Crippen molar-refractivity contribution in [2.45, 2.75) is 36.2 Å². The third-order valence-electron chi connectivity index (χ3n) is 2.70. The van der Waals surface area contributed by atoms with Crippen LogP contribution in [-0.2, 0) is 14.4 Å².